The van der Waals surface area contributed by atoms with Crippen molar-refractivity contribution in [2.75, 3.05) is 5.32 Å². The van der Waals surface area contributed by atoms with E-state index in [0.29, 0.717) is 11.3 Å². The van der Waals surface area contributed by atoms with Gasteiger partial charge in [-0.25, -0.2) is 18.4 Å². The zero-order chi connectivity index (χ0) is 21.2. The van der Waals surface area contributed by atoms with Crippen molar-refractivity contribution in [1.29, 1.82) is 0 Å². The maximum absolute atomic E-state index is 12.5. The molecule has 9 heteroatoms. The molecule has 0 radical (unpaired) electrons. The van der Waals surface area contributed by atoms with Crippen LogP contribution in [0.2, 0.25) is 0 Å². The molecule has 3 N–H and O–H groups in total. The quantitative estimate of drug-likeness (QED) is 0.713. The van der Waals surface area contributed by atoms with Crippen molar-refractivity contribution in [1.82, 2.24) is 4.57 Å². The summed E-state index contributed by atoms with van der Waals surface area (Å²) >= 11 is 0. The van der Waals surface area contributed by atoms with Gasteiger partial charge in [-0.3, -0.25) is 4.79 Å². The van der Waals surface area contributed by atoms with Crippen molar-refractivity contribution < 1.29 is 22.7 Å². The third-order valence-corrected chi connectivity index (χ3v) is 5.25. The number of carbonyl (C=O) groups excluding carboxylic acids is 2. The third kappa shape index (κ3) is 4.79. The van der Waals surface area contributed by atoms with Crippen LogP contribution in [-0.2, 0) is 19.6 Å². The van der Waals surface area contributed by atoms with Crippen LogP contribution in [-0.4, -0.2) is 31.0 Å². The van der Waals surface area contributed by atoms with E-state index in [1.54, 1.807) is 6.07 Å². The minimum atomic E-state index is -3.81. The number of nitrogens with zero attached hydrogens (tertiary/aromatic N) is 1. The molecule has 2 rings (SSSR count). The van der Waals surface area contributed by atoms with E-state index in [9.17, 15) is 18.0 Å². The number of carbonyl (C=O) groups is 2. The van der Waals surface area contributed by atoms with Gasteiger partial charge in [0.1, 0.15) is 0 Å². The number of primary sulfonamides is 1. The van der Waals surface area contributed by atoms with Gasteiger partial charge in [0, 0.05) is 23.1 Å². The van der Waals surface area contributed by atoms with Crippen LogP contribution in [0.5, 0.6) is 0 Å². The van der Waals surface area contributed by atoms with Gasteiger partial charge in [-0.05, 0) is 65.0 Å². The lowest BCUT2D eigenvalue weighted by molar-refractivity contribution is -0.123. The van der Waals surface area contributed by atoms with Crippen LogP contribution in [0.3, 0.4) is 0 Å². The van der Waals surface area contributed by atoms with Crippen LogP contribution in [0.15, 0.2) is 35.2 Å². The second-order valence-corrected chi connectivity index (χ2v) is 8.42. The number of hydrogen-bond acceptors (Lipinski definition) is 5. The molecule has 1 atom stereocenters. The van der Waals surface area contributed by atoms with Crippen LogP contribution in [0.1, 0.15) is 48.6 Å². The minimum Gasteiger partial charge on any atom is -0.449 e. The SMILES string of the molecule is Cc1cc(C(=O)O[C@H](C)C(=O)Nc2ccc(S(N)(=O)=O)cc2)c(C)n1C(C)C. The van der Waals surface area contributed by atoms with Gasteiger partial charge in [0.25, 0.3) is 5.91 Å². The average molecular weight is 407 g/mol. The van der Waals surface area contributed by atoms with Gasteiger partial charge < -0.3 is 14.6 Å². The molecule has 2 aromatic rings. The Morgan fingerprint density at radius 3 is 2.14 bits per heavy atom. The van der Waals surface area contributed by atoms with Crippen molar-refractivity contribution in [3.8, 4) is 0 Å². The molecule has 0 aliphatic rings. The van der Waals surface area contributed by atoms with Gasteiger partial charge >= 0.3 is 5.97 Å². The topological polar surface area (TPSA) is 120 Å². The van der Waals surface area contributed by atoms with Gasteiger partial charge in [-0.2, -0.15) is 0 Å². The van der Waals surface area contributed by atoms with Crippen molar-refractivity contribution in [2.24, 2.45) is 5.14 Å². The molecule has 0 saturated heterocycles. The summed E-state index contributed by atoms with van der Waals surface area (Å²) in [5, 5.41) is 7.60. The number of hydrogen-bond donors (Lipinski definition) is 2. The molecule has 1 heterocycles. The fourth-order valence-electron chi connectivity index (χ4n) is 3.03. The Hall–Kier alpha value is -2.65. The molecule has 8 nitrogen and oxygen atoms in total. The molecule has 152 valence electrons. The number of ether oxygens (including phenoxy) is 1. The van der Waals surface area contributed by atoms with E-state index < -0.39 is 28.0 Å². The molecular weight excluding hydrogens is 382 g/mol. The molecular formula is C19H25N3O5S. The van der Waals surface area contributed by atoms with Crippen LogP contribution >= 0.6 is 0 Å². The molecule has 0 unspecified atom stereocenters. The molecule has 0 aliphatic carbocycles. The molecule has 28 heavy (non-hydrogen) atoms. The van der Waals surface area contributed by atoms with Crippen LogP contribution in [0.25, 0.3) is 0 Å². The molecule has 0 aliphatic heterocycles. The lowest BCUT2D eigenvalue weighted by Crippen LogP contribution is -2.30. The number of amides is 1. The lowest BCUT2D eigenvalue weighted by atomic mass is 10.2. The average Bonchev–Trinajstić information content (AvgIpc) is 2.89. The molecule has 0 saturated carbocycles. The Morgan fingerprint density at radius 2 is 1.68 bits per heavy atom. The highest BCUT2D eigenvalue weighted by molar-refractivity contribution is 7.89. The fourth-order valence-corrected chi connectivity index (χ4v) is 3.54. The Balaban J connectivity index is 2.06. The van der Waals surface area contributed by atoms with E-state index in [1.165, 1.54) is 31.2 Å². The van der Waals surface area contributed by atoms with Gasteiger partial charge in [0.15, 0.2) is 6.10 Å². The van der Waals surface area contributed by atoms with Crippen LogP contribution < -0.4 is 10.5 Å². The summed E-state index contributed by atoms with van der Waals surface area (Å²) in [4.78, 5) is 24.7. The molecule has 0 spiro atoms. The summed E-state index contributed by atoms with van der Waals surface area (Å²) in [6.07, 6.45) is -1.03. The monoisotopic (exact) mass is 407 g/mol. The summed E-state index contributed by atoms with van der Waals surface area (Å²) in [5.74, 6) is -1.11. The predicted molar refractivity (Wildman–Crippen MR) is 106 cm³/mol. The summed E-state index contributed by atoms with van der Waals surface area (Å²) in [6.45, 7) is 9.25. The number of sulfonamides is 1. The van der Waals surface area contributed by atoms with Crippen LogP contribution in [0, 0.1) is 13.8 Å². The number of rotatable bonds is 6. The summed E-state index contributed by atoms with van der Waals surface area (Å²) in [5.41, 5.74) is 2.50. The highest BCUT2D eigenvalue weighted by atomic mass is 32.2. The van der Waals surface area contributed by atoms with E-state index in [0.717, 1.165) is 11.4 Å². The Labute approximate surface area is 164 Å². The number of aromatic nitrogens is 1. The van der Waals surface area contributed by atoms with E-state index in [-0.39, 0.29) is 10.9 Å². The Bertz CT molecular complexity index is 991. The number of nitrogens with one attached hydrogen (secondary N) is 1. The van der Waals surface area contributed by atoms with E-state index >= 15 is 0 Å². The fraction of sp³-hybridized carbons (Fsp3) is 0.368. The van der Waals surface area contributed by atoms with Crippen molar-refractivity contribution in [3.63, 3.8) is 0 Å². The third-order valence-electron chi connectivity index (χ3n) is 4.32. The number of anilines is 1. The van der Waals surface area contributed by atoms with Crippen molar-refractivity contribution in [2.45, 2.75) is 51.7 Å². The van der Waals surface area contributed by atoms with Gasteiger partial charge in [0.05, 0.1) is 10.5 Å². The largest absolute Gasteiger partial charge is 0.449 e. The molecule has 1 aromatic carbocycles. The maximum atomic E-state index is 12.5. The highest BCUT2D eigenvalue weighted by Crippen LogP contribution is 2.21. The molecule has 0 fully saturated rings. The lowest BCUT2D eigenvalue weighted by Gasteiger charge is -2.15. The van der Waals surface area contributed by atoms with Crippen molar-refractivity contribution in [3.05, 3.63) is 47.3 Å². The second kappa shape index (κ2) is 8.15. The number of nitrogens with two attached hydrogens (primary N) is 1. The smallest absolute Gasteiger partial charge is 0.340 e. The molecule has 1 aromatic heterocycles. The first-order valence-corrected chi connectivity index (χ1v) is 10.3. The highest BCUT2D eigenvalue weighted by Gasteiger charge is 2.23. The molecule has 1 amide bonds. The zero-order valence-corrected chi connectivity index (χ0v) is 17.3. The van der Waals surface area contributed by atoms with E-state index in [4.69, 9.17) is 9.88 Å². The second-order valence-electron chi connectivity index (χ2n) is 6.85. The van der Waals surface area contributed by atoms with Gasteiger partial charge in [0.2, 0.25) is 10.0 Å². The first-order chi connectivity index (χ1) is 12.9. The minimum absolute atomic E-state index is 0.0644. The maximum Gasteiger partial charge on any atom is 0.340 e. The predicted octanol–water partition coefficient (Wildman–Crippen LogP) is 2.52. The first kappa shape index (κ1) is 21.6. The normalized spacial score (nSPS) is 12.7. The summed E-state index contributed by atoms with van der Waals surface area (Å²) in [6, 6.07) is 7.31. The van der Waals surface area contributed by atoms with Gasteiger partial charge in [-0.15, -0.1) is 0 Å². The molecule has 0 bridgehead atoms. The zero-order valence-electron chi connectivity index (χ0n) is 16.5. The Morgan fingerprint density at radius 1 is 1.11 bits per heavy atom. The van der Waals surface area contributed by atoms with Crippen LogP contribution in [0.4, 0.5) is 5.69 Å². The summed E-state index contributed by atoms with van der Waals surface area (Å²) < 4.78 is 29.8. The number of aryl methyl sites for hydroxylation is 1. The van der Waals surface area contributed by atoms with E-state index in [2.05, 4.69) is 5.32 Å². The number of benzene rings is 1. The number of esters is 1. The Kier molecular flexibility index (Phi) is 6.30. The van der Waals surface area contributed by atoms with E-state index in [1.807, 2.05) is 32.3 Å². The van der Waals surface area contributed by atoms with Gasteiger partial charge in [-0.1, -0.05) is 0 Å². The first-order valence-electron chi connectivity index (χ1n) is 8.75. The van der Waals surface area contributed by atoms with Crippen molar-refractivity contribution >= 4 is 27.6 Å². The standard InChI is InChI=1S/C19H25N3O5S/c1-11(2)22-12(3)10-17(13(22)4)19(24)27-14(5)18(23)21-15-6-8-16(9-7-15)28(20,25)26/h6-11,14H,1-5H3,(H,21,23)(H2,20,25,26)/t14-/m1/s1. The summed E-state index contributed by atoms with van der Waals surface area (Å²) in [7, 11) is -3.81.